The van der Waals surface area contributed by atoms with Crippen LogP contribution in [0.5, 0.6) is 0 Å². The molecule has 5 nitrogen and oxygen atoms in total. The first-order chi connectivity index (χ1) is 7.53. The van der Waals surface area contributed by atoms with Crippen LogP contribution in [0.25, 0.3) is 0 Å². The fourth-order valence-electron chi connectivity index (χ4n) is 1.29. The van der Waals surface area contributed by atoms with Gasteiger partial charge in [0.15, 0.2) is 0 Å². The van der Waals surface area contributed by atoms with Crippen molar-refractivity contribution in [1.82, 2.24) is 19.6 Å². The summed E-state index contributed by atoms with van der Waals surface area (Å²) in [5.74, 6) is -3.10. The van der Waals surface area contributed by atoms with E-state index in [2.05, 4.69) is 10.2 Å². The van der Waals surface area contributed by atoms with Crippen molar-refractivity contribution in [3.63, 3.8) is 0 Å². The van der Waals surface area contributed by atoms with E-state index in [1.807, 2.05) is 12.3 Å². The first-order valence-corrected chi connectivity index (χ1v) is 8.21. The van der Waals surface area contributed by atoms with Gasteiger partial charge in [-0.15, -0.1) is 0 Å². The van der Waals surface area contributed by atoms with E-state index < -0.39 is 5.85 Å². The molecule has 86 valence electrons. The molecule has 0 N–H and O–H groups in total. The first kappa shape index (κ1) is 11.7. The molecule has 8 heteroatoms. The van der Waals surface area contributed by atoms with E-state index in [1.54, 1.807) is 27.8 Å². The molecule has 0 aliphatic heterocycles. The monoisotopic (exact) mass is 278 g/mol. The highest BCUT2D eigenvalue weighted by molar-refractivity contribution is 8.08. The average Bonchev–Trinajstić information content (AvgIpc) is 2.75. The Hall–Kier alpha value is -0.770. The number of hydrogen-bond donors (Lipinski definition) is 0. The SMILES string of the molecule is O=P(Cl)(Cl)Cc1ccn(Cn2cccn2)n1. The molecule has 0 aromatic carbocycles. The van der Waals surface area contributed by atoms with Gasteiger partial charge in [-0.2, -0.15) is 10.2 Å². The molecule has 2 aromatic rings. The first-order valence-electron chi connectivity index (χ1n) is 4.51. The zero-order valence-corrected chi connectivity index (χ0v) is 10.6. The predicted octanol–water partition coefficient (Wildman–Crippen LogP) is 2.76. The number of hydrogen-bond acceptors (Lipinski definition) is 3. The number of halogens is 2. The number of nitrogens with zero attached hydrogens (tertiary/aromatic N) is 4. The molecule has 0 spiro atoms. The van der Waals surface area contributed by atoms with Crippen LogP contribution in [-0.4, -0.2) is 19.6 Å². The summed E-state index contributed by atoms with van der Waals surface area (Å²) in [5.41, 5.74) is 0.612. The van der Waals surface area contributed by atoms with Crippen molar-refractivity contribution >= 4 is 28.3 Å². The molecule has 0 amide bonds. The third-order valence-corrected chi connectivity index (χ3v) is 3.30. The minimum Gasteiger partial charge on any atom is -0.289 e. The third-order valence-electron chi connectivity index (χ3n) is 1.89. The fourth-order valence-corrected chi connectivity index (χ4v) is 2.57. The van der Waals surface area contributed by atoms with Crippen LogP contribution in [0.4, 0.5) is 0 Å². The van der Waals surface area contributed by atoms with Gasteiger partial charge >= 0.3 is 0 Å². The van der Waals surface area contributed by atoms with Gasteiger partial charge in [-0.3, -0.25) is 13.9 Å². The summed E-state index contributed by atoms with van der Waals surface area (Å²) >= 11 is 10.9. The summed E-state index contributed by atoms with van der Waals surface area (Å²) in [4.78, 5) is 0. The lowest BCUT2D eigenvalue weighted by Crippen LogP contribution is -2.09. The van der Waals surface area contributed by atoms with Gasteiger partial charge in [0.25, 0.3) is 5.85 Å². The minimum atomic E-state index is -3.10. The molecular formula is C8H9Cl2N4OP. The van der Waals surface area contributed by atoms with Gasteiger partial charge in [0.1, 0.15) is 6.67 Å². The van der Waals surface area contributed by atoms with Crippen LogP contribution in [0.3, 0.4) is 0 Å². The van der Waals surface area contributed by atoms with Crippen molar-refractivity contribution in [3.8, 4) is 0 Å². The Morgan fingerprint density at radius 2 is 2.12 bits per heavy atom. The molecular weight excluding hydrogens is 270 g/mol. The maximum atomic E-state index is 11.2. The Morgan fingerprint density at radius 1 is 1.31 bits per heavy atom. The topological polar surface area (TPSA) is 52.7 Å². The van der Waals surface area contributed by atoms with Crippen LogP contribution < -0.4 is 0 Å². The average molecular weight is 279 g/mol. The second kappa shape index (κ2) is 4.62. The van der Waals surface area contributed by atoms with E-state index in [9.17, 15) is 4.57 Å². The summed E-state index contributed by atoms with van der Waals surface area (Å²) in [7, 11) is 0. The lowest BCUT2D eigenvalue weighted by atomic mass is 10.5. The van der Waals surface area contributed by atoms with Gasteiger partial charge in [0.2, 0.25) is 0 Å². The minimum absolute atomic E-state index is 0.0855. The lowest BCUT2D eigenvalue weighted by Gasteiger charge is -2.01. The van der Waals surface area contributed by atoms with Crippen LogP contribution in [0, 0.1) is 0 Å². The largest absolute Gasteiger partial charge is 0.289 e. The Bertz CT molecular complexity index is 504. The second-order valence-corrected chi connectivity index (χ2v) is 8.51. The van der Waals surface area contributed by atoms with E-state index in [-0.39, 0.29) is 6.16 Å². The lowest BCUT2D eigenvalue weighted by molar-refractivity contribution is 0.500. The molecule has 2 aromatic heterocycles. The summed E-state index contributed by atoms with van der Waals surface area (Å²) < 4.78 is 14.6. The molecule has 16 heavy (non-hydrogen) atoms. The molecule has 0 aliphatic rings. The standard InChI is InChI=1S/C8H9Cl2N4OP/c9-16(10,15)6-8-2-5-14(12-8)7-13-4-1-3-11-13/h1-5H,6-7H2. The van der Waals surface area contributed by atoms with Crippen molar-refractivity contribution in [2.45, 2.75) is 12.8 Å². The molecule has 2 heterocycles. The van der Waals surface area contributed by atoms with E-state index in [0.717, 1.165) is 0 Å². The Balaban J connectivity index is 2.05. The van der Waals surface area contributed by atoms with Crippen molar-refractivity contribution in [2.75, 3.05) is 0 Å². The van der Waals surface area contributed by atoms with Gasteiger partial charge in [0.05, 0.1) is 11.9 Å². The number of rotatable bonds is 4. The fraction of sp³-hybridized carbons (Fsp3) is 0.250. The summed E-state index contributed by atoms with van der Waals surface area (Å²) in [5, 5.41) is 8.23. The predicted molar refractivity (Wildman–Crippen MR) is 62.9 cm³/mol. The normalized spacial score (nSPS) is 11.9. The van der Waals surface area contributed by atoms with Crippen LogP contribution in [0.1, 0.15) is 5.69 Å². The van der Waals surface area contributed by atoms with Gasteiger partial charge in [0, 0.05) is 18.6 Å². The third kappa shape index (κ3) is 3.37. The summed E-state index contributed by atoms with van der Waals surface area (Å²) in [6.07, 6.45) is 5.37. The highest BCUT2D eigenvalue weighted by Gasteiger charge is 2.16. The zero-order chi connectivity index (χ0) is 11.6. The van der Waals surface area contributed by atoms with Gasteiger partial charge in [-0.25, -0.2) is 0 Å². The van der Waals surface area contributed by atoms with E-state index in [0.29, 0.717) is 12.4 Å². The molecule has 0 unspecified atom stereocenters. The molecule has 0 saturated heterocycles. The molecule has 0 radical (unpaired) electrons. The van der Waals surface area contributed by atoms with E-state index >= 15 is 0 Å². The highest BCUT2D eigenvalue weighted by atomic mass is 35.9. The quantitative estimate of drug-likeness (QED) is 0.808. The Kier molecular flexibility index (Phi) is 3.38. The Labute approximate surface area is 102 Å². The Morgan fingerprint density at radius 3 is 2.75 bits per heavy atom. The maximum Gasteiger partial charge on any atom is 0.259 e. The van der Waals surface area contributed by atoms with Gasteiger partial charge in [-0.05, 0) is 34.6 Å². The van der Waals surface area contributed by atoms with E-state index in [1.165, 1.54) is 0 Å². The summed E-state index contributed by atoms with van der Waals surface area (Å²) in [6.45, 7) is 0.502. The smallest absolute Gasteiger partial charge is 0.259 e. The second-order valence-electron chi connectivity index (χ2n) is 3.26. The molecule has 0 saturated carbocycles. The van der Waals surface area contributed by atoms with Crippen LogP contribution in [-0.2, 0) is 17.4 Å². The van der Waals surface area contributed by atoms with Crippen LogP contribution in [0.15, 0.2) is 30.7 Å². The van der Waals surface area contributed by atoms with E-state index in [4.69, 9.17) is 22.5 Å². The number of aromatic nitrogens is 4. The highest BCUT2D eigenvalue weighted by Crippen LogP contribution is 2.58. The molecule has 0 atom stereocenters. The molecule has 2 rings (SSSR count). The van der Waals surface area contributed by atoms with Crippen molar-refractivity contribution in [3.05, 3.63) is 36.4 Å². The van der Waals surface area contributed by atoms with Gasteiger partial charge in [-0.1, -0.05) is 0 Å². The van der Waals surface area contributed by atoms with Gasteiger partial charge < -0.3 is 0 Å². The van der Waals surface area contributed by atoms with Crippen molar-refractivity contribution in [1.29, 1.82) is 0 Å². The van der Waals surface area contributed by atoms with Crippen LogP contribution in [0.2, 0.25) is 0 Å². The van der Waals surface area contributed by atoms with Crippen molar-refractivity contribution in [2.24, 2.45) is 0 Å². The summed E-state index contributed by atoms with van der Waals surface area (Å²) in [6, 6.07) is 3.57. The molecule has 0 fully saturated rings. The van der Waals surface area contributed by atoms with Crippen LogP contribution >= 0.6 is 28.3 Å². The zero-order valence-electron chi connectivity index (χ0n) is 8.20. The maximum absolute atomic E-state index is 11.2. The van der Waals surface area contributed by atoms with Crippen molar-refractivity contribution < 1.29 is 4.57 Å². The molecule has 0 aliphatic carbocycles. The molecule has 0 bridgehead atoms.